The minimum Gasteiger partial charge on any atom is -0.378 e. The minimum atomic E-state index is -0.614. The number of hydrogen-bond donors (Lipinski definition) is 3. The number of hydrogen-bond acceptors (Lipinski definition) is 3. The first-order valence-electron chi connectivity index (χ1n) is 10.0. The number of aromatic amines is 1. The Bertz CT molecular complexity index is 796. The molecule has 1 saturated heterocycles. The lowest BCUT2D eigenvalue weighted by atomic mass is 10.0. The number of carbonyl (C=O) groups is 2. The molecule has 1 fully saturated rings. The maximum atomic E-state index is 13.1. The smallest absolute Gasteiger partial charge is 0.315 e. The molecular weight excluding hydrogens is 356 g/mol. The number of carbonyl (C=O) groups excluding carboxylic acids is 2. The van der Waals surface area contributed by atoms with Crippen LogP contribution in [0, 0.1) is 5.92 Å². The van der Waals surface area contributed by atoms with Gasteiger partial charge in [-0.1, -0.05) is 32.0 Å². The summed E-state index contributed by atoms with van der Waals surface area (Å²) < 4.78 is 5.35. The second-order valence-electron chi connectivity index (χ2n) is 7.64. The molecule has 7 heteroatoms. The van der Waals surface area contributed by atoms with Gasteiger partial charge in [-0.05, 0) is 24.0 Å². The number of amides is 3. The molecule has 3 amide bonds. The molecule has 152 valence electrons. The lowest BCUT2D eigenvalue weighted by Crippen LogP contribution is -2.54. The molecule has 0 radical (unpaired) electrons. The van der Waals surface area contributed by atoms with E-state index in [2.05, 4.69) is 29.5 Å². The number of aromatic nitrogens is 1. The van der Waals surface area contributed by atoms with Crippen LogP contribution in [0.3, 0.4) is 0 Å². The van der Waals surface area contributed by atoms with Gasteiger partial charge in [0.1, 0.15) is 6.04 Å². The highest BCUT2D eigenvalue weighted by Gasteiger charge is 2.28. The van der Waals surface area contributed by atoms with Gasteiger partial charge in [-0.3, -0.25) is 4.79 Å². The SMILES string of the molecule is CC(C)CCNC(=O)N[C@@H](Cc1c[nH]c2ccccc12)C(=O)N1CCOCC1. The van der Waals surface area contributed by atoms with Crippen molar-refractivity contribution in [3.63, 3.8) is 0 Å². The summed E-state index contributed by atoms with van der Waals surface area (Å²) in [6.45, 7) is 7.00. The van der Waals surface area contributed by atoms with E-state index >= 15 is 0 Å². The fraction of sp³-hybridized carbons (Fsp3) is 0.524. The Labute approximate surface area is 165 Å². The number of rotatable bonds is 7. The summed E-state index contributed by atoms with van der Waals surface area (Å²) in [6, 6.07) is 7.07. The van der Waals surface area contributed by atoms with Gasteiger partial charge in [0.05, 0.1) is 13.2 Å². The highest BCUT2D eigenvalue weighted by Crippen LogP contribution is 2.20. The number of nitrogens with one attached hydrogen (secondary N) is 3. The first kappa shape index (κ1) is 20.2. The topological polar surface area (TPSA) is 86.5 Å². The third kappa shape index (κ3) is 5.25. The molecule has 0 unspecified atom stereocenters. The molecule has 1 aromatic carbocycles. The molecule has 1 aliphatic rings. The van der Waals surface area contributed by atoms with Crippen molar-refractivity contribution in [1.82, 2.24) is 20.5 Å². The Kier molecular flexibility index (Phi) is 6.92. The second-order valence-corrected chi connectivity index (χ2v) is 7.64. The predicted molar refractivity (Wildman–Crippen MR) is 109 cm³/mol. The van der Waals surface area contributed by atoms with Crippen molar-refractivity contribution in [3.8, 4) is 0 Å². The summed E-state index contributed by atoms with van der Waals surface area (Å²) in [4.78, 5) is 30.5. The molecule has 0 saturated carbocycles. The van der Waals surface area contributed by atoms with Crippen molar-refractivity contribution in [3.05, 3.63) is 36.0 Å². The van der Waals surface area contributed by atoms with Crippen LogP contribution >= 0.6 is 0 Å². The quantitative estimate of drug-likeness (QED) is 0.682. The number of morpholine rings is 1. The van der Waals surface area contributed by atoms with E-state index in [4.69, 9.17) is 4.74 Å². The number of H-pyrrole nitrogens is 1. The van der Waals surface area contributed by atoms with Crippen molar-refractivity contribution in [2.24, 2.45) is 5.92 Å². The lowest BCUT2D eigenvalue weighted by molar-refractivity contribution is -0.137. The Morgan fingerprint density at radius 3 is 2.71 bits per heavy atom. The molecule has 2 aromatic rings. The predicted octanol–water partition coefficient (Wildman–Crippen LogP) is 2.28. The molecule has 0 aliphatic carbocycles. The Morgan fingerprint density at radius 2 is 1.96 bits per heavy atom. The van der Waals surface area contributed by atoms with Gasteiger partial charge < -0.3 is 25.3 Å². The average molecular weight is 386 g/mol. The van der Waals surface area contributed by atoms with E-state index in [-0.39, 0.29) is 11.9 Å². The van der Waals surface area contributed by atoms with Crippen LogP contribution in [0.15, 0.2) is 30.5 Å². The van der Waals surface area contributed by atoms with E-state index in [1.165, 1.54) is 0 Å². The summed E-state index contributed by atoms with van der Waals surface area (Å²) in [5.74, 6) is 0.449. The fourth-order valence-corrected chi connectivity index (χ4v) is 3.41. The van der Waals surface area contributed by atoms with Gasteiger partial charge in [0.2, 0.25) is 5.91 Å². The van der Waals surface area contributed by atoms with Gasteiger partial charge in [-0.2, -0.15) is 0 Å². The summed E-state index contributed by atoms with van der Waals surface area (Å²) in [6.07, 6.45) is 3.26. The number of para-hydroxylation sites is 1. The summed E-state index contributed by atoms with van der Waals surface area (Å²) in [5.41, 5.74) is 2.04. The van der Waals surface area contributed by atoms with Crippen LogP contribution in [0.1, 0.15) is 25.8 Å². The van der Waals surface area contributed by atoms with Crippen LogP contribution in [0.2, 0.25) is 0 Å². The zero-order valence-corrected chi connectivity index (χ0v) is 16.7. The van der Waals surface area contributed by atoms with Gasteiger partial charge in [0.25, 0.3) is 0 Å². The van der Waals surface area contributed by atoms with E-state index < -0.39 is 6.04 Å². The third-order valence-electron chi connectivity index (χ3n) is 5.03. The van der Waals surface area contributed by atoms with Crippen LogP contribution in [0.4, 0.5) is 4.79 Å². The van der Waals surface area contributed by atoms with Crippen molar-refractivity contribution in [1.29, 1.82) is 0 Å². The van der Waals surface area contributed by atoms with Gasteiger partial charge in [-0.15, -0.1) is 0 Å². The fourth-order valence-electron chi connectivity index (χ4n) is 3.41. The van der Waals surface area contributed by atoms with Crippen molar-refractivity contribution in [2.45, 2.75) is 32.7 Å². The normalized spacial score (nSPS) is 15.6. The zero-order valence-electron chi connectivity index (χ0n) is 16.7. The van der Waals surface area contributed by atoms with Crippen molar-refractivity contribution >= 4 is 22.8 Å². The molecule has 2 heterocycles. The van der Waals surface area contributed by atoms with Crippen LogP contribution in [0.5, 0.6) is 0 Å². The van der Waals surface area contributed by atoms with E-state index in [1.807, 2.05) is 30.5 Å². The number of benzene rings is 1. The molecule has 7 nitrogen and oxygen atoms in total. The monoisotopic (exact) mass is 386 g/mol. The molecule has 3 rings (SSSR count). The zero-order chi connectivity index (χ0) is 19.9. The number of ether oxygens (including phenoxy) is 1. The van der Waals surface area contributed by atoms with Gasteiger partial charge >= 0.3 is 6.03 Å². The summed E-state index contributed by atoms with van der Waals surface area (Å²) in [7, 11) is 0. The molecular formula is C21H30N4O3. The largest absolute Gasteiger partial charge is 0.378 e. The molecule has 1 atom stereocenters. The van der Waals surface area contributed by atoms with Gasteiger partial charge in [0.15, 0.2) is 0 Å². The standard InChI is InChI=1S/C21H30N4O3/c1-15(2)7-8-22-21(27)24-19(20(26)25-9-11-28-12-10-25)13-16-14-23-18-6-4-3-5-17(16)18/h3-6,14-15,19,23H,7-13H2,1-2H3,(H2,22,24,27)/t19-/m0/s1. The maximum absolute atomic E-state index is 13.1. The third-order valence-corrected chi connectivity index (χ3v) is 5.03. The number of urea groups is 1. The van der Waals surface area contributed by atoms with E-state index in [0.29, 0.717) is 45.2 Å². The van der Waals surface area contributed by atoms with Crippen molar-refractivity contribution < 1.29 is 14.3 Å². The molecule has 3 N–H and O–H groups in total. The average Bonchev–Trinajstić information content (AvgIpc) is 3.10. The highest BCUT2D eigenvalue weighted by atomic mass is 16.5. The van der Waals surface area contributed by atoms with Crippen molar-refractivity contribution in [2.75, 3.05) is 32.8 Å². The maximum Gasteiger partial charge on any atom is 0.315 e. The van der Waals surface area contributed by atoms with Crippen LogP contribution in [0.25, 0.3) is 10.9 Å². The summed E-state index contributed by atoms with van der Waals surface area (Å²) in [5, 5.41) is 6.83. The Hall–Kier alpha value is -2.54. The minimum absolute atomic E-state index is 0.0624. The summed E-state index contributed by atoms with van der Waals surface area (Å²) >= 11 is 0. The van der Waals surface area contributed by atoms with Crippen LogP contribution < -0.4 is 10.6 Å². The Morgan fingerprint density at radius 1 is 1.21 bits per heavy atom. The van der Waals surface area contributed by atoms with Gasteiger partial charge in [0, 0.05) is 43.2 Å². The number of fused-ring (bicyclic) bond motifs is 1. The van der Waals surface area contributed by atoms with E-state index in [1.54, 1.807) is 4.90 Å². The molecule has 0 bridgehead atoms. The van der Waals surface area contributed by atoms with E-state index in [9.17, 15) is 9.59 Å². The Balaban J connectivity index is 1.71. The van der Waals surface area contributed by atoms with Crippen LogP contribution in [-0.4, -0.2) is 60.7 Å². The molecule has 0 spiro atoms. The first-order valence-corrected chi connectivity index (χ1v) is 10.0. The number of nitrogens with zero attached hydrogens (tertiary/aromatic N) is 1. The second kappa shape index (κ2) is 9.59. The highest BCUT2D eigenvalue weighted by molar-refractivity contribution is 5.89. The lowest BCUT2D eigenvalue weighted by Gasteiger charge is -2.30. The van der Waals surface area contributed by atoms with Gasteiger partial charge in [-0.25, -0.2) is 4.79 Å². The molecule has 28 heavy (non-hydrogen) atoms. The van der Waals surface area contributed by atoms with E-state index in [0.717, 1.165) is 22.9 Å². The first-order chi connectivity index (χ1) is 13.5. The molecule has 1 aromatic heterocycles. The molecule has 1 aliphatic heterocycles. The van der Waals surface area contributed by atoms with Crippen LogP contribution in [-0.2, 0) is 16.0 Å².